The molecule has 3 aromatic rings. The fourth-order valence-corrected chi connectivity index (χ4v) is 4.80. The van der Waals surface area contributed by atoms with Crippen molar-refractivity contribution >= 4 is 11.2 Å². The van der Waals surface area contributed by atoms with Crippen molar-refractivity contribution < 1.29 is 13.5 Å². The lowest BCUT2D eigenvalue weighted by molar-refractivity contribution is -0.0384. The minimum atomic E-state index is -2.59. The van der Waals surface area contributed by atoms with Gasteiger partial charge in [-0.3, -0.25) is 4.68 Å². The smallest absolute Gasteiger partial charge is 0.248 e. The molecule has 3 aromatic heterocycles. The lowest BCUT2D eigenvalue weighted by Gasteiger charge is -2.30. The molecule has 1 saturated heterocycles. The van der Waals surface area contributed by atoms with Gasteiger partial charge in [0.2, 0.25) is 5.92 Å². The summed E-state index contributed by atoms with van der Waals surface area (Å²) in [5.74, 6) is -1.81. The molecule has 4 heterocycles. The van der Waals surface area contributed by atoms with Crippen molar-refractivity contribution in [1.29, 1.82) is 0 Å². The van der Waals surface area contributed by atoms with Crippen LogP contribution in [0.1, 0.15) is 84.9 Å². The third kappa shape index (κ3) is 4.10. The third-order valence-electron chi connectivity index (χ3n) is 6.84. The number of rotatable bonds is 3. The van der Waals surface area contributed by atoms with Gasteiger partial charge in [-0.2, -0.15) is 5.10 Å². The molecule has 0 bridgehead atoms. The third-order valence-corrected chi connectivity index (χ3v) is 6.84. The zero-order valence-corrected chi connectivity index (χ0v) is 18.7. The van der Waals surface area contributed by atoms with Gasteiger partial charge in [-0.05, 0) is 39.5 Å². The molecule has 1 aliphatic carbocycles. The average Bonchev–Trinajstić information content (AvgIpc) is 3.21. The lowest BCUT2D eigenvalue weighted by atomic mass is 9.84. The van der Waals surface area contributed by atoms with Gasteiger partial charge in [-0.1, -0.05) is 0 Å². The molecule has 2 aliphatic rings. The summed E-state index contributed by atoms with van der Waals surface area (Å²) in [5, 5.41) is 4.26. The van der Waals surface area contributed by atoms with E-state index in [1.54, 1.807) is 4.68 Å². The van der Waals surface area contributed by atoms with Crippen molar-refractivity contribution in [2.75, 3.05) is 6.61 Å². The molecule has 170 valence electrons. The summed E-state index contributed by atoms with van der Waals surface area (Å²) in [7, 11) is 1.89. The maximum absolute atomic E-state index is 13.8. The molecule has 0 unspecified atom stereocenters. The number of aromatic nitrogens is 6. The zero-order valence-electron chi connectivity index (χ0n) is 18.7. The largest absolute Gasteiger partial charge is 0.373 e. The van der Waals surface area contributed by atoms with Crippen molar-refractivity contribution in [3.05, 3.63) is 40.9 Å². The van der Waals surface area contributed by atoms with E-state index in [2.05, 4.69) is 10.1 Å². The van der Waals surface area contributed by atoms with E-state index in [4.69, 9.17) is 19.7 Å². The number of hydrogen-bond acceptors (Lipinski definition) is 6. The zero-order chi connectivity index (χ0) is 22.5. The highest BCUT2D eigenvalue weighted by Gasteiger charge is 2.37. The molecular formula is C23H28F2N6O. The fourth-order valence-electron chi connectivity index (χ4n) is 4.80. The summed E-state index contributed by atoms with van der Waals surface area (Å²) in [4.78, 5) is 19.2. The Bertz CT molecular complexity index is 1140. The number of alkyl halides is 2. The standard InChI is InChI=1S/C23H28F2N6O/c1-13-14(2)28-22-20(27-13)19(15-4-7-23(24,25)8-5-15)29-21(30-22)16-6-9-32-18(10-16)17-11-26-31(3)12-17/h11-12,15-16,18H,4-10H2,1-3H3/t16-,18+/m0/s1. The Morgan fingerprint density at radius 1 is 1.00 bits per heavy atom. The predicted molar refractivity (Wildman–Crippen MR) is 115 cm³/mol. The second-order valence-electron chi connectivity index (χ2n) is 9.19. The molecule has 0 spiro atoms. The van der Waals surface area contributed by atoms with Gasteiger partial charge in [-0.15, -0.1) is 0 Å². The predicted octanol–water partition coefficient (Wildman–Crippen LogP) is 4.70. The average molecular weight is 443 g/mol. The molecule has 9 heteroatoms. The van der Waals surface area contributed by atoms with Crippen molar-refractivity contribution in [3.63, 3.8) is 0 Å². The van der Waals surface area contributed by atoms with Gasteiger partial charge in [0, 0.05) is 50.1 Å². The van der Waals surface area contributed by atoms with Crippen molar-refractivity contribution in [3.8, 4) is 0 Å². The van der Waals surface area contributed by atoms with Crippen LogP contribution in [0.3, 0.4) is 0 Å². The maximum Gasteiger partial charge on any atom is 0.248 e. The molecule has 0 radical (unpaired) electrons. The second kappa shape index (κ2) is 8.10. The molecular weight excluding hydrogens is 414 g/mol. The lowest BCUT2D eigenvalue weighted by Crippen LogP contribution is -2.25. The van der Waals surface area contributed by atoms with Crippen LogP contribution < -0.4 is 0 Å². The van der Waals surface area contributed by atoms with Gasteiger partial charge in [0.15, 0.2) is 5.65 Å². The van der Waals surface area contributed by atoms with E-state index in [-0.39, 0.29) is 30.8 Å². The van der Waals surface area contributed by atoms with Gasteiger partial charge in [0.05, 0.1) is 29.4 Å². The van der Waals surface area contributed by atoms with Crippen molar-refractivity contribution in [2.24, 2.45) is 7.05 Å². The highest BCUT2D eigenvalue weighted by atomic mass is 19.3. The summed E-state index contributed by atoms with van der Waals surface area (Å²) in [6.45, 7) is 4.43. The number of hydrogen-bond donors (Lipinski definition) is 0. The molecule has 0 aromatic carbocycles. The normalized spacial score (nSPS) is 24.2. The van der Waals surface area contributed by atoms with E-state index in [1.165, 1.54) is 0 Å². The van der Waals surface area contributed by atoms with Crippen LogP contribution in [0.2, 0.25) is 0 Å². The molecule has 32 heavy (non-hydrogen) atoms. The molecule has 1 saturated carbocycles. The van der Waals surface area contributed by atoms with Crippen molar-refractivity contribution in [2.45, 2.75) is 76.2 Å². The van der Waals surface area contributed by atoms with E-state index in [1.807, 2.05) is 33.3 Å². The summed E-state index contributed by atoms with van der Waals surface area (Å²) in [6, 6.07) is 0. The fraction of sp³-hybridized carbons (Fsp3) is 0.609. The number of nitrogens with zero attached hydrogens (tertiary/aromatic N) is 6. The second-order valence-corrected chi connectivity index (χ2v) is 9.19. The molecule has 7 nitrogen and oxygen atoms in total. The molecule has 1 aliphatic heterocycles. The van der Waals surface area contributed by atoms with Crippen LogP contribution >= 0.6 is 0 Å². The molecule has 0 N–H and O–H groups in total. The Kier molecular flexibility index (Phi) is 5.39. The first-order valence-corrected chi connectivity index (χ1v) is 11.3. The first-order valence-electron chi connectivity index (χ1n) is 11.3. The maximum atomic E-state index is 13.8. The van der Waals surface area contributed by atoms with Gasteiger partial charge in [-0.25, -0.2) is 28.7 Å². The minimum Gasteiger partial charge on any atom is -0.373 e. The van der Waals surface area contributed by atoms with E-state index < -0.39 is 5.92 Å². The van der Waals surface area contributed by atoms with Crippen LogP contribution in [0.5, 0.6) is 0 Å². The van der Waals surface area contributed by atoms with Crippen LogP contribution in [0.4, 0.5) is 8.78 Å². The summed E-state index contributed by atoms with van der Waals surface area (Å²) >= 11 is 0. The first-order chi connectivity index (χ1) is 15.3. The molecule has 2 fully saturated rings. The Morgan fingerprint density at radius 2 is 1.75 bits per heavy atom. The number of fused-ring (bicyclic) bond motifs is 1. The Balaban J connectivity index is 1.52. The van der Waals surface area contributed by atoms with Crippen LogP contribution in [0.25, 0.3) is 11.2 Å². The first kappa shape index (κ1) is 21.3. The quantitative estimate of drug-likeness (QED) is 0.585. The van der Waals surface area contributed by atoms with Crippen LogP contribution in [-0.2, 0) is 11.8 Å². The number of ether oxygens (including phenoxy) is 1. The summed E-state index contributed by atoms with van der Waals surface area (Å²) < 4.78 is 35.4. The summed E-state index contributed by atoms with van der Waals surface area (Å²) in [5.41, 5.74) is 4.68. The van der Waals surface area contributed by atoms with Crippen LogP contribution in [0.15, 0.2) is 12.4 Å². The number of aryl methyl sites for hydroxylation is 3. The molecule has 5 rings (SSSR count). The van der Waals surface area contributed by atoms with E-state index >= 15 is 0 Å². The highest BCUT2D eigenvalue weighted by Crippen LogP contribution is 2.43. The summed E-state index contributed by atoms with van der Waals surface area (Å²) in [6.07, 6.45) is 5.87. The van der Waals surface area contributed by atoms with Crippen LogP contribution in [0, 0.1) is 13.8 Å². The van der Waals surface area contributed by atoms with Gasteiger partial charge >= 0.3 is 0 Å². The molecule has 2 atom stereocenters. The SMILES string of the molecule is Cc1nc2nc([C@H]3CCO[C@@H](c4cnn(C)c4)C3)nc(C3CCC(F)(F)CC3)c2nc1C. The Hall–Kier alpha value is -2.55. The van der Waals surface area contributed by atoms with Gasteiger partial charge in [0.1, 0.15) is 11.3 Å². The Labute approximate surface area is 185 Å². The monoisotopic (exact) mass is 442 g/mol. The van der Waals surface area contributed by atoms with Crippen LogP contribution in [-0.4, -0.2) is 42.2 Å². The Morgan fingerprint density at radius 3 is 2.47 bits per heavy atom. The minimum absolute atomic E-state index is 0.0516. The van der Waals surface area contributed by atoms with E-state index in [0.29, 0.717) is 30.6 Å². The number of halogens is 2. The van der Waals surface area contributed by atoms with Gasteiger partial charge in [0.25, 0.3) is 0 Å². The topological polar surface area (TPSA) is 78.6 Å². The van der Waals surface area contributed by atoms with Crippen molar-refractivity contribution in [1.82, 2.24) is 29.7 Å². The highest BCUT2D eigenvalue weighted by molar-refractivity contribution is 5.73. The molecule has 0 amide bonds. The van der Waals surface area contributed by atoms with Gasteiger partial charge < -0.3 is 4.74 Å². The van der Waals surface area contributed by atoms with E-state index in [9.17, 15) is 8.78 Å². The van der Waals surface area contributed by atoms with E-state index in [0.717, 1.165) is 41.3 Å².